The predicted octanol–water partition coefficient (Wildman–Crippen LogP) is 5.77. The van der Waals surface area contributed by atoms with Gasteiger partial charge in [0.2, 0.25) is 0 Å². The highest BCUT2D eigenvalue weighted by atomic mass is 19.1. The quantitative estimate of drug-likeness (QED) is 0.275. The van der Waals surface area contributed by atoms with Crippen LogP contribution in [0.5, 0.6) is 17.2 Å². The lowest BCUT2D eigenvalue weighted by molar-refractivity contribution is 0.0964. The van der Waals surface area contributed by atoms with E-state index in [1.165, 1.54) is 16.8 Å². The molecule has 3 heterocycles. The number of ether oxygens (including phenoxy) is 3. The lowest BCUT2D eigenvalue weighted by Crippen LogP contribution is -2.25. The minimum Gasteiger partial charge on any atom is -0.497 e. The van der Waals surface area contributed by atoms with Crippen LogP contribution in [0.15, 0.2) is 83.8 Å². The van der Waals surface area contributed by atoms with Crippen molar-refractivity contribution in [2.45, 2.75) is 18.9 Å². The Morgan fingerprint density at radius 1 is 1.07 bits per heavy atom. The number of anilines is 1. The zero-order valence-electron chi connectivity index (χ0n) is 22.5. The molecular weight excluding hydrogens is 527 g/mol. The molecule has 208 valence electrons. The molecule has 5 aromatic rings. The molecule has 0 spiro atoms. The highest BCUT2D eigenvalue weighted by Crippen LogP contribution is 2.34. The van der Waals surface area contributed by atoms with Gasteiger partial charge in [-0.05, 0) is 55.3 Å². The molecule has 1 aliphatic heterocycles. The molecular formula is C31H27FN4O5. The third-order valence-electron chi connectivity index (χ3n) is 7.09. The van der Waals surface area contributed by atoms with Gasteiger partial charge in [0.25, 0.3) is 11.5 Å². The Labute approximate surface area is 234 Å². The molecule has 3 aromatic carbocycles. The molecule has 10 heteroatoms. The molecule has 6 rings (SSSR count). The number of para-hydroxylation sites is 1. The van der Waals surface area contributed by atoms with E-state index in [1.807, 2.05) is 18.2 Å². The molecule has 1 unspecified atom stereocenters. The second-order valence-corrected chi connectivity index (χ2v) is 9.63. The monoisotopic (exact) mass is 554 g/mol. The van der Waals surface area contributed by atoms with Crippen LogP contribution in [0.4, 0.5) is 10.1 Å². The third-order valence-corrected chi connectivity index (χ3v) is 7.09. The molecule has 2 aromatic heterocycles. The molecule has 1 saturated heterocycles. The van der Waals surface area contributed by atoms with Crippen LogP contribution in [0.2, 0.25) is 0 Å². The number of benzene rings is 3. The van der Waals surface area contributed by atoms with Gasteiger partial charge in [-0.3, -0.25) is 19.3 Å². The SMILES string of the molecule is COc1ccc2c(Oc3ccc(NC(=O)c4c(C5CCCO5)n(C)n(-c5ccccc5)c4=O)cc3F)ccnc2c1. The molecule has 0 bridgehead atoms. The summed E-state index contributed by atoms with van der Waals surface area (Å²) >= 11 is 0. The minimum atomic E-state index is -0.685. The van der Waals surface area contributed by atoms with E-state index in [0.29, 0.717) is 46.8 Å². The predicted molar refractivity (Wildman–Crippen MR) is 152 cm³/mol. The minimum absolute atomic E-state index is 0.0301. The van der Waals surface area contributed by atoms with Crippen molar-refractivity contribution in [2.24, 2.45) is 7.05 Å². The van der Waals surface area contributed by atoms with Crippen LogP contribution in [0.1, 0.15) is 35.0 Å². The Hall–Kier alpha value is -4.96. The normalized spacial score (nSPS) is 14.8. The molecule has 0 aliphatic carbocycles. The van der Waals surface area contributed by atoms with Crippen molar-refractivity contribution in [1.82, 2.24) is 14.3 Å². The average Bonchev–Trinajstić information content (AvgIpc) is 3.60. The van der Waals surface area contributed by atoms with E-state index in [0.717, 1.165) is 12.5 Å². The van der Waals surface area contributed by atoms with Crippen molar-refractivity contribution in [3.05, 3.63) is 106 Å². The van der Waals surface area contributed by atoms with Gasteiger partial charge < -0.3 is 19.5 Å². The highest BCUT2D eigenvalue weighted by molar-refractivity contribution is 6.05. The molecule has 1 atom stereocenters. The maximum atomic E-state index is 15.2. The molecule has 0 radical (unpaired) electrons. The second-order valence-electron chi connectivity index (χ2n) is 9.63. The number of fused-ring (bicyclic) bond motifs is 1. The topological polar surface area (TPSA) is 96.6 Å². The van der Waals surface area contributed by atoms with Gasteiger partial charge in [0, 0.05) is 43.1 Å². The van der Waals surface area contributed by atoms with Crippen LogP contribution in [0.3, 0.4) is 0 Å². The largest absolute Gasteiger partial charge is 0.497 e. The number of carbonyl (C=O) groups is 1. The first-order valence-electron chi connectivity index (χ1n) is 13.1. The van der Waals surface area contributed by atoms with E-state index < -0.39 is 23.4 Å². The molecule has 0 saturated carbocycles. The first-order chi connectivity index (χ1) is 19.9. The molecule has 1 N–H and O–H groups in total. The van der Waals surface area contributed by atoms with Crippen molar-refractivity contribution >= 4 is 22.5 Å². The number of hydrogen-bond donors (Lipinski definition) is 1. The van der Waals surface area contributed by atoms with Crippen LogP contribution >= 0.6 is 0 Å². The maximum absolute atomic E-state index is 15.2. The summed E-state index contributed by atoms with van der Waals surface area (Å²) in [5, 5.41) is 3.37. The number of nitrogens with one attached hydrogen (secondary N) is 1. The van der Waals surface area contributed by atoms with Crippen LogP contribution in [0, 0.1) is 5.82 Å². The van der Waals surface area contributed by atoms with Crippen molar-refractivity contribution in [2.75, 3.05) is 19.0 Å². The summed E-state index contributed by atoms with van der Waals surface area (Å²) in [7, 11) is 3.30. The van der Waals surface area contributed by atoms with E-state index in [-0.39, 0.29) is 17.0 Å². The Morgan fingerprint density at radius 3 is 2.63 bits per heavy atom. The van der Waals surface area contributed by atoms with Crippen molar-refractivity contribution in [3.8, 4) is 22.9 Å². The van der Waals surface area contributed by atoms with Gasteiger partial charge in [-0.2, -0.15) is 0 Å². The number of carbonyl (C=O) groups excluding carboxylic acids is 1. The zero-order chi connectivity index (χ0) is 28.5. The number of methoxy groups -OCH3 is 1. The summed E-state index contributed by atoms with van der Waals surface area (Å²) < 4.78 is 35.3. The summed E-state index contributed by atoms with van der Waals surface area (Å²) in [5.74, 6) is -0.300. The number of rotatable bonds is 7. The molecule has 9 nitrogen and oxygen atoms in total. The third kappa shape index (κ3) is 4.93. The lowest BCUT2D eigenvalue weighted by atomic mass is 10.1. The Balaban J connectivity index is 1.30. The van der Waals surface area contributed by atoms with Gasteiger partial charge in [-0.25, -0.2) is 9.07 Å². The molecule has 1 fully saturated rings. The number of halogens is 1. The van der Waals surface area contributed by atoms with Gasteiger partial charge in [0.1, 0.15) is 23.2 Å². The highest BCUT2D eigenvalue weighted by Gasteiger charge is 2.32. The second kappa shape index (κ2) is 10.9. The fourth-order valence-corrected chi connectivity index (χ4v) is 5.15. The number of nitrogens with zero attached hydrogens (tertiary/aromatic N) is 3. The molecule has 41 heavy (non-hydrogen) atoms. The van der Waals surface area contributed by atoms with Gasteiger partial charge >= 0.3 is 0 Å². The van der Waals surface area contributed by atoms with Crippen LogP contribution < -0.4 is 20.3 Å². The number of aromatic nitrogens is 3. The van der Waals surface area contributed by atoms with Gasteiger partial charge in [0.15, 0.2) is 11.6 Å². The average molecular weight is 555 g/mol. The van der Waals surface area contributed by atoms with Gasteiger partial charge in [0.05, 0.1) is 24.0 Å². The Morgan fingerprint density at radius 2 is 1.90 bits per heavy atom. The zero-order valence-corrected chi connectivity index (χ0v) is 22.5. The maximum Gasteiger partial charge on any atom is 0.284 e. The lowest BCUT2D eigenvalue weighted by Gasteiger charge is -2.15. The van der Waals surface area contributed by atoms with E-state index in [1.54, 1.807) is 61.4 Å². The molecule has 1 aliphatic rings. The van der Waals surface area contributed by atoms with Crippen LogP contribution in [-0.2, 0) is 11.8 Å². The smallest absolute Gasteiger partial charge is 0.284 e. The fraction of sp³-hybridized carbons (Fsp3) is 0.194. The standard InChI is InChI=1S/C31H27FN4O5/c1-35-29(27-9-6-16-40-27)28(31(38)36(35)20-7-4-3-5-8-20)30(37)34-19-10-13-26(23(32)17-19)41-25-14-15-33-24-18-21(39-2)11-12-22(24)25/h3-5,7-8,10-15,17-18,27H,6,9,16H2,1-2H3,(H,34,37). The Bertz CT molecular complexity index is 1810. The summed E-state index contributed by atoms with van der Waals surface area (Å²) in [5.41, 5.74) is 1.39. The summed E-state index contributed by atoms with van der Waals surface area (Å²) in [6.45, 7) is 0.545. The van der Waals surface area contributed by atoms with E-state index in [4.69, 9.17) is 14.2 Å². The van der Waals surface area contributed by atoms with E-state index in [2.05, 4.69) is 10.3 Å². The van der Waals surface area contributed by atoms with Crippen LogP contribution in [-0.4, -0.2) is 34.0 Å². The first kappa shape index (κ1) is 26.3. The number of hydrogen-bond acceptors (Lipinski definition) is 6. The summed E-state index contributed by atoms with van der Waals surface area (Å²) in [6, 6.07) is 20.1. The van der Waals surface area contributed by atoms with Crippen molar-refractivity contribution < 1.29 is 23.4 Å². The number of amides is 1. The van der Waals surface area contributed by atoms with Gasteiger partial charge in [-0.15, -0.1) is 0 Å². The fourth-order valence-electron chi connectivity index (χ4n) is 5.15. The first-order valence-corrected chi connectivity index (χ1v) is 13.1. The van der Waals surface area contributed by atoms with E-state index in [9.17, 15) is 9.59 Å². The van der Waals surface area contributed by atoms with E-state index >= 15 is 4.39 Å². The van der Waals surface area contributed by atoms with Crippen molar-refractivity contribution in [3.63, 3.8) is 0 Å². The van der Waals surface area contributed by atoms with Gasteiger partial charge in [-0.1, -0.05) is 18.2 Å². The summed E-state index contributed by atoms with van der Waals surface area (Å²) in [4.78, 5) is 31.4. The number of pyridine rings is 1. The Kier molecular flexibility index (Phi) is 6.98. The molecule has 1 amide bonds. The summed E-state index contributed by atoms with van der Waals surface area (Å²) in [6.07, 6.45) is 2.67. The van der Waals surface area contributed by atoms with Crippen LogP contribution in [0.25, 0.3) is 16.6 Å². The van der Waals surface area contributed by atoms with Crippen molar-refractivity contribution in [1.29, 1.82) is 0 Å².